The highest BCUT2D eigenvalue weighted by molar-refractivity contribution is 6.22. The summed E-state index contributed by atoms with van der Waals surface area (Å²) in [6.07, 6.45) is 2.01. The minimum atomic E-state index is -1.01. The number of nitrogens with zero attached hydrogens (tertiary/aromatic N) is 5. The van der Waals surface area contributed by atoms with Gasteiger partial charge >= 0.3 is 0 Å². The minimum absolute atomic E-state index is 0.243. The molecule has 1 aromatic carbocycles. The minimum Gasteiger partial charge on any atom is -0.411 e. The van der Waals surface area contributed by atoms with Gasteiger partial charge < -0.3 is 5.21 Å². The van der Waals surface area contributed by atoms with Gasteiger partial charge in [-0.3, -0.25) is 9.69 Å². The summed E-state index contributed by atoms with van der Waals surface area (Å²) in [4.78, 5) is 18.1. The van der Waals surface area contributed by atoms with Crippen LogP contribution in [0.2, 0.25) is 0 Å². The van der Waals surface area contributed by atoms with Crippen LogP contribution in [0.3, 0.4) is 0 Å². The molecule has 0 saturated carbocycles. The fourth-order valence-corrected chi connectivity index (χ4v) is 2.59. The molecule has 1 fully saturated rings. The third kappa shape index (κ3) is 1.95. The van der Waals surface area contributed by atoms with E-state index in [4.69, 9.17) is 0 Å². The smallest absolute Gasteiger partial charge is 0.240 e. The number of benzene rings is 1. The van der Waals surface area contributed by atoms with Gasteiger partial charge in [-0.25, -0.2) is 14.1 Å². The lowest BCUT2D eigenvalue weighted by atomic mass is 9.89. The number of halogens is 1. The van der Waals surface area contributed by atoms with Gasteiger partial charge in [0.05, 0.1) is 5.41 Å². The Morgan fingerprint density at radius 3 is 2.55 bits per heavy atom. The van der Waals surface area contributed by atoms with Crippen LogP contribution >= 0.6 is 0 Å². The number of aromatic nitrogens is 3. The monoisotopic (exact) mass is 303 g/mol. The van der Waals surface area contributed by atoms with Gasteiger partial charge in [-0.05, 0) is 38.1 Å². The van der Waals surface area contributed by atoms with Gasteiger partial charge in [-0.2, -0.15) is 5.10 Å². The van der Waals surface area contributed by atoms with Gasteiger partial charge in [0.25, 0.3) is 0 Å². The van der Waals surface area contributed by atoms with E-state index < -0.39 is 17.4 Å². The quantitative estimate of drug-likeness (QED) is 0.677. The molecule has 2 heterocycles. The molecule has 7 nitrogen and oxygen atoms in total. The molecule has 0 spiro atoms. The van der Waals surface area contributed by atoms with E-state index in [1.54, 1.807) is 13.8 Å². The summed E-state index contributed by atoms with van der Waals surface area (Å²) in [5.74, 6) is -0.671. The van der Waals surface area contributed by atoms with E-state index in [1.807, 2.05) is 0 Å². The van der Waals surface area contributed by atoms with Crippen molar-refractivity contribution in [1.29, 1.82) is 0 Å². The van der Waals surface area contributed by atoms with Gasteiger partial charge in [0, 0.05) is 5.69 Å². The zero-order chi connectivity index (χ0) is 15.9. The fourth-order valence-electron chi connectivity index (χ4n) is 2.59. The second kappa shape index (κ2) is 4.90. The highest BCUT2D eigenvalue weighted by atomic mass is 19.1. The normalized spacial score (nSPS) is 22.5. The van der Waals surface area contributed by atoms with Gasteiger partial charge in [0.2, 0.25) is 5.91 Å². The molecule has 0 aliphatic carbocycles. The summed E-state index contributed by atoms with van der Waals surface area (Å²) in [7, 11) is 0. The Hall–Kier alpha value is -2.77. The summed E-state index contributed by atoms with van der Waals surface area (Å²) in [5.41, 5.74) is -0.286. The van der Waals surface area contributed by atoms with Gasteiger partial charge in [-0.1, -0.05) is 5.16 Å². The lowest BCUT2D eigenvalue weighted by Gasteiger charge is -2.24. The molecular weight excluding hydrogens is 289 g/mol. The molecule has 1 aromatic heterocycles. The number of amides is 1. The molecule has 1 aliphatic rings. The van der Waals surface area contributed by atoms with Gasteiger partial charge in [0.15, 0.2) is 6.17 Å². The molecule has 1 aliphatic heterocycles. The van der Waals surface area contributed by atoms with Crippen molar-refractivity contribution in [2.45, 2.75) is 20.0 Å². The Labute approximate surface area is 125 Å². The van der Waals surface area contributed by atoms with Crippen LogP contribution in [-0.4, -0.2) is 31.6 Å². The SMILES string of the molecule is CC1(C)C(=O)N(c2ccc(F)cc2)C(n2cncn2)C1=NO. The summed E-state index contributed by atoms with van der Waals surface area (Å²) >= 11 is 0. The third-order valence-electron chi connectivity index (χ3n) is 3.78. The van der Waals surface area contributed by atoms with Crippen LogP contribution in [0.15, 0.2) is 42.1 Å². The predicted octanol–water partition coefficient (Wildman–Crippen LogP) is 1.82. The molecule has 1 N–H and O–H groups in total. The molecule has 3 rings (SSSR count). The number of carbonyl (C=O) groups excluding carboxylic acids is 1. The summed E-state index contributed by atoms with van der Waals surface area (Å²) in [5, 5.41) is 16.7. The zero-order valence-electron chi connectivity index (χ0n) is 12.0. The molecule has 1 atom stereocenters. The first-order valence-corrected chi connectivity index (χ1v) is 6.62. The number of carbonyl (C=O) groups is 1. The molecule has 8 heteroatoms. The Bertz CT molecular complexity index is 724. The second-order valence-electron chi connectivity index (χ2n) is 5.51. The molecule has 0 radical (unpaired) electrons. The first-order valence-electron chi connectivity index (χ1n) is 6.62. The average Bonchev–Trinajstić information content (AvgIpc) is 3.07. The Morgan fingerprint density at radius 2 is 2.00 bits per heavy atom. The zero-order valence-corrected chi connectivity index (χ0v) is 12.0. The summed E-state index contributed by atoms with van der Waals surface area (Å²) in [6, 6.07) is 5.52. The van der Waals surface area contributed by atoms with Crippen molar-refractivity contribution in [2.75, 3.05) is 4.90 Å². The molecule has 114 valence electrons. The van der Waals surface area contributed by atoms with Crippen molar-refractivity contribution in [1.82, 2.24) is 14.8 Å². The highest BCUT2D eigenvalue weighted by Crippen LogP contribution is 2.41. The maximum absolute atomic E-state index is 13.1. The van der Waals surface area contributed by atoms with Crippen LogP contribution in [-0.2, 0) is 4.79 Å². The molecule has 0 bridgehead atoms. The van der Waals surface area contributed by atoms with Crippen LogP contribution < -0.4 is 4.90 Å². The number of hydrogen-bond donors (Lipinski definition) is 1. The van der Waals surface area contributed by atoms with E-state index in [-0.39, 0.29) is 11.6 Å². The molecule has 2 aromatic rings. The van der Waals surface area contributed by atoms with E-state index in [0.717, 1.165) is 0 Å². The Balaban J connectivity index is 2.17. The van der Waals surface area contributed by atoms with Crippen molar-refractivity contribution in [2.24, 2.45) is 10.6 Å². The molecule has 1 unspecified atom stereocenters. The van der Waals surface area contributed by atoms with Crippen LogP contribution in [0.1, 0.15) is 20.0 Å². The Morgan fingerprint density at radius 1 is 1.32 bits per heavy atom. The summed E-state index contributed by atoms with van der Waals surface area (Å²) < 4.78 is 14.6. The van der Waals surface area contributed by atoms with E-state index >= 15 is 0 Å². The average molecular weight is 303 g/mol. The lowest BCUT2D eigenvalue weighted by Crippen LogP contribution is -2.34. The number of anilines is 1. The fraction of sp³-hybridized carbons (Fsp3) is 0.286. The van der Waals surface area contributed by atoms with Crippen LogP contribution in [0, 0.1) is 11.2 Å². The van der Waals surface area contributed by atoms with Crippen LogP contribution in [0.25, 0.3) is 0 Å². The van der Waals surface area contributed by atoms with E-state index in [9.17, 15) is 14.4 Å². The van der Waals surface area contributed by atoms with Gasteiger partial charge in [0.1, 0.15) is 24.2 Å². The van der Waals surface area contributed by atoms with Crippen molar-refractivity contribution in [3.8, 4) is 0 Å². The topological polar surface area (TPSA) is 83.6 Å². The number of rotatable bonds is 2. The highest BCUT2D eigenvalue weighted by Gasteiger charge is 2.53. The van der Waals surface area contributed by atoms with E-state index in [0.29, 0.717) is 5.69 Å². The standard InChI is InChI=1S/C14H14FN5O2/c1-14(2)11(18-22)12(19-8-16-7-17-19)20(13(14)21)10-5-3-9(15)4-6-10/h3-8,12,22H,1-2H3. The first kappa shape index (κ1) is 14.2. The predicted molar refractivity (Wildman–Crippen MR) is 75.9 cm³/mol. The van der Waals surface area contributed by atoms with Crippen molar-refractivity contribution < 1.29 is 14.4 Å². The Kier molecular flexibility index (Phi) is 3.16. The van der Waals surface area contributed by atoms with Gasteiger partial charge in [-0.15, -0.1) is 0 Å². The number of hydrogen-bond acceptors (Lipinski definition) is 5. The van der Waals surface area contributed by atoms with E-state index in [1.165, 1.54) is 46.5 Å². The van der Waals surface area contributed by atoms with Crippen molar-refractivity contribution >= 4 is 17.3 Å². The molecular formula is C14H14FN5O2. The molecule has 1 saturated heterocycles. The maximum Gasteiger partial charge on any atom is 0.240 e. The van der Waals surface area contributed by atoms with Crippen molar-refractivity contribution in [3.63, 3.8) is 0 Å². The second-order valence-corrected chi connectivity index (χ2v) is 5.51. The number of oxime groups is 1. The van der Waals surface area contributed by atoms with Crippen molar-refractivity contribution in [3.05, 3.63) is 42.7 Å². The lowest BCUT2D eigenvalue weighted by molar-refractivity contribution is -0.122. The summed E-state index contributed by atoms with van der Waals surface area (Å²) in [6.45, 7) is 3.33. The third-order valence-corrected chi connectivity index (χ3v) is 3.78. The largest absolute Gasteiger partial charge is 0.411 e. The molecule has 1 amide bonds. The maximum atomic E-state index is 13.1. The van der Waals surface area contributed by atoms with E-state index in [2.05, 4.69) is 15.2 Å². The van der Waals surface area contributed by atoms with Crippen LogP contribution in [0.4, 0.5) is 10.1 Å². The first-order chi connectivity index (χ1) is 10.5. The van der Waals surface area contributed by atoms with Crippen LogP contribution in [0.5, 0.6) is 0 Å². The molecule has 22 heavy (non-hydrogen) atoms.